The molecule has 2 fully saturated rings. The minimum Gasteiger partial charge on any atom is -0.394 e. The topological polar surface area (TPSA) is 228 Å². The molecule has 0 spiro atoms. The average molecular weight is 1380 g/mol. The van der Waals surface area contributed by atoms with Gasteiger partial charge in [-0.3, -0.25) is 4.79 Å². The summed E-state index contributed by atoms with van der Waals surface area (Å²) in [5.74, 6) is -0.196. The molecule has 2 saturated heterocycles. The first-order chi connectivity index (χ1) is 47.6. The molecule has 12 atom stereocenters. The molecular formula is C83H161NO13. The molecule has 2 aliphatic rings. The van der Waals surface area contributed by atoms with Crippen LogP contribution in [0.1, 0.15) is 418 Å². The summed E-state index contributed by atoms with van der Waals surface area (Å²) in [5.41, 5.74) is 0. The number of rotatable bonds is 73. The van der Waals surface area contributed by atoms with Gasteiger partial charge in [-0.15, -0.1) is 0 Å². The van der Waals surface area contributed by atoms with Crippen molar-refractivity contribution in [1.82, 2.24) is 5.32 Å². The average Bonchev–Trinajstić information content (AvgIpc) is 0.794. The summed E-state index contributed by atoms with van der Waals surface area (Å²) in [6, 6.07) is -0.827. The van der Waals surface area contributed by atoms with Crippen LogP contribution >= 0.6 is 0 Å². The molecule has 0 aliphatic carbocycles. The van der Waals surface area contributed by atoms with Gasteiger partial charge in [0.1, 0.15) is 48.8 Å². The molecule has 0 aromatic carbocycles. The highest BCUT2D eigenvalue weighted by molar-refractivity contribution is 5.76. The number of unbranched alkanes of at least 4 members (excludes halogenated alkanes) is 58. The van der Waals surface area contributed by atoms with Gasteiger partial charge in [0.15, 0.2) is 12.6 Å². The third kappa shape index (κ3) is 50.7. The normalized spacial score (nSPS) is 22.1. The van der Waals surface area contributed by atoms with Crippen molar-refractivity contribution < 1.29 is 64.6 Å². The number of aliphatic hydroxyl groups excluding tert-OH is 8. The SMILES string of the molecule is CCCCCCCCCC/C=C\CCCCCCCCCCCCCCCCCCCCCCCC(=O)NC(COC1OC(CO)C(OC2OC(CO)C(O)C(O)C2O)C(O)C1O)C(O)CCCCCCCCCCCCCCCCCCCCCCCCCCCCCCCC. The number of nitrogens with one attached hydrogen (secondary N) is 1. The lowest BCUT2D eigenvalue weighted by Crippen LogP contribution is -2.65. The minimum atomic E-state index is -1.78. The monoisotopic (exact) mass is 1380 g/mol. The molecule has 0 saturated carbocycles. The van der Waals surface area contributed by atoms with Crippen molar-refractivity contribution >= 4 is 5.91 Å². The van der Waals surface area contributed by atoms with Gasteiger partial charge in [0.2, 0.25) is 5.91 Å². The lowest BCUT2D eigenvalue weighted by molar-refractivity contribution is -0.359. The van der Waals surface area contributed by atoms with Gasteiger partial charge in [0.05, 0.1) is 32.0 Å². The lowest BCUT2D eigenvalue weighted by Gasteiger charge is -2.46. The molecule has 97 heavy (non-hydrogen) atoms. The van der Waals surface area contributed by atoms with Crippen molar-refractivity contribution in [3.8, 4) is 0 Å². The summed E-state index contributed by atoms with van der Waals surface area (Å²) in [4.78, 5) is 13.4. The zero-order chi connectivity index (χ0) is 70.1. The van der Waals surface area contributed by atoms with Gasteiger partial charge in [0, 0.05) is 6.42 Å². The largest absolute Gasteiger partial charge is 0.394 e. The van der Waals surface area contributed by atoms with E-state index >= 15 is 0 Å². The maximum absolute atomic E-state index is 13.4. The van der Waals surface area contributed by atoms with E-state index in [-0.39, 0.29) is 12.5 Å². The van der Waals surface area contributed by atoms with Crippen molar-refractivity contribution in [2.75, 3.05) is 19.8 Å². The first-order valence-electron chi connectivity index (χ1n) is 42.4. The van der Waals surface area contributed by atoms with Crippen LogP contribution in [0.3, 0.4) is 0 Å². The number of hydrogen-bond acceptors (Lipinski definition) is 13. The molecule has 9 N–H and O–H groups in total. The molecule has 14 nitrogen and oxygen atoms in total. The van der Waals surface area contributed by atoms with E-state index in [9.17, 15) is 45.6 Å². The van der Waals surface area contributed by atoms with Crippen LogP contribution in [-0.4, -0.2) is 140 Å². The van der Waals surface area contributed by atoms with Crippen LogP contribution in [0, 0.1) is 0 Å². The van der Waals surface area contributed by atoms with Crippen LogP contribution in [0.4, 0.5) is 0 Å². The second-order valence-electron chi connectivity index (χ2n) is 30.3. The maximum atomic E-state index is 13.4. The lowest BCUT2D eigenvalue weighted by atomic mass is 9.97. The zero-order valence-corrected chi connectivity index (χ0v) is 63.4. The molecule has 2 aliphatic heterocycles. The standard InChI is InChI=1S/C83H161NO13/c1-3-5-7-9-11-13-15-17-19-21-23-25-27-29-31-33-35-36-37-39-41-43-45-47-49-51-53-55-57-59-61-63-65-67-75(88)84-71(70-94-82-80(93)78(91)81(74(69-86)96-82)97-83-79(92)77(90)76(89)73(68-85)95-83)72(87)66-64-62-60-58-56-54-52-50-48-46-44-42-40-38-34-32-30-28-26-24-22-20-18-16-14-12-10-8-6-4-2/h21,23,71-74,76-83,85-87,89-93H,3-20,22,24-70H2,1-2H3,(H,84,88)/b23-21-. The van der Waals surface area contributed by atoms with Crippen molar-refractivity contribution in [2.45, 2.75) is 492 Å². The van der Waals surface area contributed by atoms with Crippen molar-refractivity contribution in [1.29, 1.82) is 0 Å². The molecule has 14 heteroatoms. The van der Waals surface area contributed by atoms with E-state index in [1.807, 2.05) is 0 Å². The fourth-order valence-corrected chi connectivity index (χ4v) is 14.5. The third-order valence-electron chi connectivity index (χ3n) is 21.2. The molecule has 0 bridgehead atoms. The summed E-state index contributed by atoms with van der Waals surface area (Å²) in [7, 11) is 0. The van der Waals surface area contributed by atoms with Crippen LogP contribution in [0.2, 0.25) is 0 Å². The molecule has 0 aromatic rings. The highest BCUT2D eigenvalue weighted by Crippen LogP contribution is 2.31. The quantitative estimate of drug-likeness (QED) is 0.0204. The van der Waals surface area contributed by atoms with E-state index in [4.69, 9.17) is 18.9 Å². The Morgan fingerprint density at radius 3 is 0.979 bits per heavy atom. The Morgan fingerprint density at radius 2 is 0.649 bits per heavy atom. The van der Waals surface area contributed by atoms with E-state index in [0.717, 1.165) is 51.4 Å². The summed E-state index contributed by atoms with van der Waals surface area (Å²) < 4.78 is 23.0. The Bertz CT molecular complexity index is 1680. The number of ether oxygens (including phenoxy) is 4. The predicted octanol–water partition coefficient (Wildman–Crippen LogP) is 19.6. The Balaban J connectivity index is 1.58. The third-order valence-corrected chi connectivity index (χ3v) is 21.2. The number of allylic oxidation sites excluding steroid dienone is 2. The fraction of sp³-hybridized carbons (Fsp3) is 0.964. The van der Waals surface area contributed by atoms with Gasteiger partial charge < -0.3 is 65.1 Å². The van der Waals surface area contributed by atoms with Gasteiger partial charge in [-0.05, 0) is 38.5 Å². The molecule has 576 valence electrons. The predicted molar refractivity (Wildman–Crippen MR) is 402 cm³/mol. The number of carbonyl (C=O) groups is 1. The van der Waals surface area contributed by atoms with Crippen LogP contribution in [0.15, 0.2) is 12.2 Å². The molecule has 12 unspecified atom stereocenters. The van der Waals surface area contributed by atoms with Crippen LogP contribution < -0.4 is 5.32 Å². The van der Waals surface area contributed by atoms with E-state index < -0.39 is 86.8 Å². The number of amides is 1. The molecular weight excluding hydrogens is 1220 g/mol. The number of hydrogen-bond donors (Lipinski definition) is 9. The van der Waals surface area contributed by atoms with E-state index in [0.29, 0.717) is 12.8 Å². The van der Waals surface area contributed by atoms with E-state index in [1.54, 1.807) is 0 Å². The fourth-order valence-electron chi connectivity index (χ4n) is 14.5. The van der Waals surface area contributed by atoms with Crippen LogP contribution in [0.25, 0.3) is 0 Å². The van der Waals surface area contributed by atoms with Gasteiger partial charge in [-0.2, -0.15) is 0 Å². The summed E-state index contributed by atoms with van der Waals surface area (Å²) >= 11 is 0. The Morgan fingerprint density at radius 1 is 0.361 bits per heavy atom. The highest BCUT2D eigenvalue weighted by atomic mass is 16.7. The minimum absolute atomic E-state index is 0.196. The maximum Gasteiger partial charge on any atom is 0.220 e. The highest BCUT2D eigenvalue weighted by Gasteiger charge is 2.51. The smallest absolute Gasteiger partial charge is 0.220 e. The molecule has 1 amide bonds. The van der Waals surface area contributed by atoms with Crippen molar-refractivity contribution in [3.05, 3.63) is 12.2 Å². The Kier molecular flexibility index (Phi) is 64.2. The zero-order valence-electron chi connectivity index (χ0n) is 63.4. The first kappa shape index (κ1) is 91.8. The summed E-state index contributed by atoms with van der Waals surface area (Å²) in [6.07, 6.45) is 69.9. The summed E-state index contributed by atoms with van der Waals surface area (Å²) in [5, 5.41) is 88.0. The number of aliphatic hydroxyl groups is 8. The second-order valence-corrected chi connectivity index (χ2v) is 30.3. The second kappa shape index (κ2) is 67.9. The number of carbonyl (C=O) groups excluding carboxylic acids is 1. The van der Waals surface area contributed by atoms with Gasteiger partial charge >= 0.3 is 0 Å². The Hall–Kier alpha value is -1.27. The van der Waals surface area contributed by atoms with E-state index in [2.05, 4.69) is 31.3 Å². The molecule has 0 radical (unpaired) electrons. The van der Waals surface area contributed by atoms with Gasteiger partial charge in [-0.25, -0.2) is 0 Å². The molecule has 0 aromatic heterocycles. The van der Waals surface area contributed by atoms with Crippen molar-refractivity contribution in [3.63, 3.8) is 0 Å². The van der Waals surface area contributed by atoms with E-state index in [1.165, 1.54) is 340 Å². The summed E-state index contributed by atoms with van der Waals surface area (Å²) in [6.45, 7) is 2.94. The van der Waals surface area contributed by atoms with Crippen LogP contribution in [-0.2, 0) is 23.7 Å². The molecule has 2 heterocycles. The Labute approximate surface area is 596 Å². The first-order valence-corrected chi connectivity index (χ1v) is 42.4. The van der Waals surface area contributed by atoms with Gasteiger partial charge in [0.25, 0.3) is 0 Å². The molecule has 2 rings (SSSR count). The van der Waals surface area contributed by atoms with Gasteiger partial charge in [-0.1, -0.05) is 386 Å². The van der Waals surface area contributed by atoms with Crippen LogP contribution in [0.5, 0.6) is 0 Å². The van der Waals surface area contributed by atoms with Crippen molar-refractivity contribution in [2.24, 2.45) is 0 Å².